The molecule has 0 aromatic rings. The number of thiocarbonyl (C=S) groups is 1. The Morgan fingerprint density at radius 1 is 1.39 bits per heavy atom. The molecule has 6 nitrogen and oxygen atoms in total. The second kappa shape index (κ2) is 8.84. The van der Waals surface area contributed by atoms with Crippen molar-refractivity contribution < 1.29 is 9.53 Å². The molecule has 0 aromatic heterocycles. The SMILES string of the molecule is C=CCNC(=S)NNC(=O)CCN1CCOCC1. The Balaban J connectivity index is 2.05. The second-order valence-electron chi connectivity index (χ2n) is 3.88. The van der Waals surface area contributed by atoms with Gasteiger partial charge in [-0.2, -0.15) is 0 Å². The topological polar surface area (TPSA) is 65.6 Å². The summed E-state index contributed by atoms with van der Waals surface area (Å²) in [5.41, 5.74) is 5.18. The zero-order valence-corrected chi connectivity index (χ0v) is 11.2. The van der Waals surface area contributed by atoms with E-state index in [4.69, 9.17) is 17.0 Å². The van der Waals surface area contributed by atoms with E-state index in [0.29, 0.717) is 18.1 Å². The van der Waals surface area contributed by atoms with Crippen molar-refractivity contribution in [2.24, 2.45) is 0 Å². The Labute approximate surface area is 113 Å². The molecule has 0 aromatic carbocycles. The van der Waals surface area contributed by atoms with Gasteiger partial charge in [0.1, 0.15) is 0 Å². The van der Waals surface area contributed by atoms with Gasteiger partial charge in [0.2, 0.25) is 5.91 Å². The minimum Gasteiger partial charge on any atom is -0.379 e. The number of amides is 1. The van der Waals surface area contributed by atoms with E-state index in [1.54, 1.807) is 6.08 Å². The van der Waals surface area contributed by atoms with Crippen molar-refractivity contribution in [3.05, 3.63) is 12.7 Å². The van der Waals surface area contributed by atoms with Crippen LogP contribution in [-0.2, 0) is 9.53 Å². The van der Waals surface area contributed by atoms with Gasteiger partial charge in [0.05, 0.1) is 13.2 Å². The van der Waals surface area contributed by atoms with Crippen LogP contribution in [0.25, 0.3) is 0 Å². The number of hydrogen-bond acceptors (Lipinski definition) is 4. The van der Waals surface area contributed by atoms with E-state index in [1.807, 2.05) is 0 Å². The lowest BCUT2D eigenvalue weighted by Gasteiger charge is -2.26. The van der Waals surface area contributed by atoms with E-state index >= 15 is 0 Å². The summed E-state index contributed by atoms with van der Waals surface area (Å²) in [5.74, 6) is -0.0794. The van der Waals surface area contributed by atoms with Crippen molar-refractivity contribution in [2.75, 3.05) is 39.4 Å². The molecule has 0 atom stereocenters. The molecular weight excluding hydrogens is 252 g/mol. The van der Waals surface area contributed by atoms with E-state index in [-0.39, 0.29) is 5.91 Å². The number of ether oxygens (including phenoxy) is 1. The molecule has 3 N–H and O–H groups in total. The highest BCUT2D eigenvalue weighted by atomic mass is 32.1. The van der Waals surface area contributed by atoms with Crippen LogP contribution in [-0.4, -0.2) is 55.3 Å². The first-order valence-corrected chi connectivity index (χ1v) is 6.37. The van der Waals surface area contributed by atoms with Gasteiger partial charge >= 0.3 is 0 Å². The smallest absolute Gasteiger partial charge is 0.239 e. The molecule has 7 heteroatoms. The largest absolute Gasteiger partial charge is 0.379 e. The third-order valence-corrected chi connectivity index (χ3v) is 2.73. The molecule has 1 aliphatic heterocycles. The molecule has 1 amide bonds. The number of nitrogens with zero attached hydrogens (tertiary/aromatic N) is 1. The summed E-state index contributed by atoms with van der Waals surface area (Å²) in [6, 6.07) is 0. The van der Waals surface area contributed by atoms with E-state index in [0.717, 1.165) is 32.8 Å². The van der Waals surface area contributed by atoms with E-state index in [1.165, 1.54) is 0 Å². The highest BCUT2D eigenvalue weighted by Crippen LogP contribution is 1.97. The van der Waals surface area contributed by atoms with Gasteiger partial charge in [-0.3, -0.25) is 20.5 Å². The monoisotopic (exact) mass is 272 g/mol. The molecule has 18 heavy (non-hydrogen) atoms. The third kappa shape index (κ3) is 6.53. The first-order chi connectivity index (χ1) is 8.72. The lowest BCUT2D eigenvalue weighted by atomic mass is 10.3. The van der Waals surface area contributed by atoms with E-state index in [2.05, 4.69) is 27.6 Å². The first kappa shape index (κ1) is 14.9. The predicted molar refractivity (Wildman–Crippen MR) is 74.0 cm³/mol. The Kier molecular flexibility index (Phi) is 7.31. The number of rotatable bonds is 5. The maximum absolute atomic E-state index is 11.5. The highest BCUT2D eigenvalue weighted by molar-refractivity contribution is 7.80. The summed E-state index contributed by atoms with van der Waals surface area (Å²) in [5, 5.41) is 3.24. The van der Waals surface area contributed by atoms with Crippen LogP contribution in [0.2, 0.25) is 0 Å². The minimum atomic E-state index is -0.0794. The number of morpholine rings is 1. The normalized spacial score (nSPS) is 15.8. The average molecular weight is 272 g/mol. The molecule has 1 aliphatic rings. The number of carbonyl (C=O) groups excluding carboxylic acids is 1. The summed E-state index contributed by atoms with van der Waals surface area (Å²) in [7, 11) is 0. The van der Waals surface area contributed by atoms with Crippen molar-refractivity contribution in [1.29, 1.82) is 0 Å². The van der Waals surface area contributed by atoms with Gasteiger partial charge in [0, 0.05) is 32.6 Å². The first-order valence-electron chi connectivity index (χ1n) is 5.96. The van der Waals surface area contributed by atoms with Gasteiger partial charge in [-0.1, -0.05) is 6.08 Å². The van der Waals surface area contributed by atoms with Crippen LogP contribution in [0.1, 0.15) is 6.42 Å². The van der Waals surface area contributed by atoms with Crippen LogP contribution in [0, 0.1) is 0 Å². The van der Waals surface area contributed by atoms with Crippen LogP contribution in [0.5, 0.6) is 0 Å². The summed E-state index contributed by atoms with van der Waals surface area (Å²) >= 11 is 4.94. The number of nitrogens with one attached hydrogen (secondary N) is 3. The van der Waals surface area contributed by atoms with Crippen LogP contribution < -0.4 is 16.2 Å². The maximum Gasteiger partial charge on any atom is 0.239 e. The fourth-order valence-electron chi connectivity index (χ4n) is 1.48. The van der Waals surface area contributed by atoms with Crippen LogP contribution in [0.15, 0.2) is 12.7 Å². The van der Waals surface area contributed by atoms with Crippen LogP contribution >= 0.6 is 12.2 Å². The number of carbonyl (C=O) groups is 1. The van der Waals surface area contributed by atoms with E-state index < -0.39 is 0 Å². The van der Waals surface area contributed by atoms with Gasteiger partial charge in [-0.15, -0.1) is 6.58 Å². The standard InChI is InChI=1S/C11H20N4O2S/c1-2-4-12-11(18)14-13-10(16)3-5-15-6-8-17-9-7-15/h2H,1,3-9H2,(H,13,16)(H2,12,14,18). The summed E-state index contributed by atoms with van der Waals surface area (Å²) < 4.78 is 5.23. The Hall–Kier alpha value is -1.18. The Morgan fingerprint density at radius 3 is 2.78 bits per heavy atom. The zero-order valence-electron chi connectivity index (χ0n) is 10.4. The lowest BCUT2D eigenvalue weighted by molar-refractivity contribution is -0.122. The van der Waals surface area contributed by atoms with Gasteiger partial charge in [-0.05, 0) is 12.2 Å². The van der Waals surface area contributed by atoms with Crippen molar-refractivity contribution in [3.8, 4) is 0 Å². The maximum atomic E-state index is 11.5. The lowest BCUT2D eigenvalue weighted by Crippen LogP contribution is -2.47. The van der Waals surface area contributed by atoms with Crippen LogP contribution in [0.3, 0.4) is 0 Å². The predicted octanol–water partition coefficient (Wildman–Crippen LogP) is -0.610. The zero-order chi connectivity index (χ0) is 13.2. The molecule has 1 heterocycles. The van der Waals surface area contributed by atoms with E-state index in [9.17, 15) is 4.79 Å². The minimum absolute atomic E-state index is 0.0794. The number of hydrazine groups is 1. The molecule has 0 bridgehead atoms. The molecule has 0 unspecified atom stereocenters. The second-order valence-corrected chi connectivity index (χ2v) is 4.28. The third-order valence-electron chi connectivity index (χ3n) is 2.48. The Morgan fingerprint density at radius 2 is 2.11 bits per heavy atom. The van der Waals surface area contributed by atoms with Gasteiger partial charge in [-0.25, -0.2) is 0 Å². The van der Waals surface area contributed by atoms with Gasteiger partial charge in [0.25, 0.3) is 0 Å². The van der Waals surface area contributed by atoms with Gasteiger partial charge in [0.15, 0.2) is 5.11 Å². The highest BCUT2D eigenvalue weighted by Gasteiger charge is 2.11. The fourth-order valence-corrected chi connectivity index (χ4v) is 1.62. The summed E-state index contributed by atoms with van der Waals surface area (Å²) in [4.78, 5) is 13.7. The fraction of sp³-hybridized carbons (Fsp3) is 0.636. The summed E-state index contributed by atoms with van der Waals surface area (Å²) in [6.07, 6.45) is 2.13. The van der Waals surface area contributed by atoms with Crippen molar-refractivity contribution in [3.63, 3.8) is 0 Å². The van der Waals surface area contributed by atoms with Crippen LogP contribution in [0.4, 0.5) is 0 Å². The molecule has 1 fully saturated rings. The molecular formula is C11H20N4O2S. The Bertz CT molecular complexity index is 293. The molecule has 1 saturated heterocycles. The van der Waals surface area contributed by atoms with Crippen molar-refractivity contribution >= 4 is 23.2 Å². The van der Waals surface area contributed by atoms with Gasteiger partial charge < -0.3 is 10.1 Å². The summed E-state index contributed by atoms with van der Waals surface area (Å²) in [6.45, 7) is 8.13. The molecule has 0 spiro atoms. The number of hydrogen-bond donors (Lipinski definition) is 3. The van der Waals surface area contributed by atoms with Crippen molar-refractivity contribution in [2.45, 2.75) is 6.42 Å². The van der Waals surface area contributed by atoms with Crippen molar-refractivity contribution in [1.82, 2.24) is 21.1 Å². The quantitative estimate of drug-likeness (QED) is 0.352. The molecule has 0 aliphatic carbocycles. The molecule has 0 saturated carbocycles. The molecule has 1 rings (SSSR count). The average Bonchev–Trinajstić information content (AvgIpc) is 2.41. The molecule has 0 radical (unpaired) electrons. The molecule has 102 valence electrons.